The molecule has 0 radical (unpaired) electrons. The summed E-state index contributed by atoms with van der Waals surface area (Å²) in [4.78, 5) is 22.1. The van der Waals surface area contributed by atoms with Gasteiger partial charge in [-0.25, -0.2) is 4.98 Å². The van der Waals surface area contributed by atoms with Crippen molar-refractivity contribution in [1.29, 1.82) is 0 Å². The monoisotopic (exact) mass is 461 g/mol. The SMILES string of the molecule is CCCN1CCc2c(sc(NC(=O)c3ccc(C)cc3C)c2-c2nc3ccccc3s2)C1. The Hall–Kier alpha value is -2.54. The Morgan fingerprint density at radius 3 is 2.78 bits per heavy atom. The maximum absolute atomic E-state index is 13.2. The van der Waals surface area contributed by atoms with Gasteiger partial charge in [0.15, 0.2) is 0 Å². The summed E-state index contributed by atoms with van der Waals surface area (Å²) in [6.45, 7) is 9.39. The molecule has 0 bridgehead atoms. The minimum atomic E-state index is -0.0473. The molecule has 1 N–H and O–H groups in total. The summed E-state index contributed by atoms with van der Waals surface area (Å²) in [5.74, 6) is -0.0473. The van der Waals surface area contributed by atoms with Crippen molar-refractivity contribution in [2.75, 3.05) is 18.4 Å². The Kier molecular flexibility index (Phi) is 5.84. The smallest absolute Gasteiger partial charge is 0.256 e. The van der Waals surface area contributed by atoms with Crippen LogP contribution >= 0.6 is 22.7 Å². The second-order valence-electron chi connectivity index (χ2n) is 8.49. The van der Waals surface area contributed by atoms with Gasteiger partial charge in [-0.1, -0.05) is 36.8 Å². The molecule has 2 aromatic carbocycles. The van der Waals surface area contributed by atoms with Gasteiger partial charge in [0.05, 0.1) is 10.2 Å². The van der Waals surface area contributed by atoms with Crippen LogP contribution in [0.4, 0.5) is 5.00 Å². The second kappa shape index (κ2) is 8.77. The number of hydrogen-bond donors (Lipinski definition) is 1. The summed E-state index contributed by atoms with van der Waals surface area (Å²) in [7, 11) is 0. The third-order valence-electron chi connectivity index (χ3n) is 6.04. The lowest BCUT2D eigenvalue weighted by Crippen LogP contribution is -2.30. The Bertz CT molecular complexity index is 1270. The van der Waals surface area contributed by atoms with Crippen LogP contribution in [0.3, 0.4) is 0 Å². The summed E-state index contributed by atoms with van der Waals surface area (Å²) >= 11 is 3.43. The van der Waals surface area contributed by atoms with Crippen molar-refractivity contribution in [3.8, 4) is 10.6 Å². The Morgan fingerprint density at radius 1 is 1.16 bits per heavy atom. The number of aryl methyl sites for hydroxylation is 2. The molecule has 0 aliphatic carbocycles. The van der Waals surface area contributed by atoms with E-state index in [9.17, 15) is 4.79 Å². The number of thiophene rings is 1. The molecule has 4 nitrogen and oxygen atoms in total. The number of carbonyl (C=O) groups excluding carboxylic acids is 1. The topological polar surface area (TPSA) is 45.2 Å². The van der Waals surface area contributed by atoms with E-state index < -0.39 is 0 Å². The Labute approximate surface area is 196 Å². The summed E-state index contributed by atoms with van der Waals surface area (Å²) < 4.78 is 1.18. The first-order valence-corrected chi connectivity index (χ1v) is 12.8. The first-order valence-electron chi connectivity index (χ1n) is 11.1. The van der Waals surface area contributed by atoms with E-state index in [-0.39, 0.29) is 5.91 Å². The van der Waals surface area contributed by atoms with E-state index in [4.69, 9.17) is 4.98 Å². The number of carbonyl (C=O) groups is 1. The lowest BCUT2D eigenvalue weighted by Gasteiger charge is -2.26. The Balaban J connectivity index is 1.57. The minimum Gasteiger partial charge on any atom is -0.313 e. The number of hydrogen-bond acceptors (Lipinski definition) is 5. The number of anilines is 1. The highest BCUT2D eigenvalue weighted by molar-refractivity contribution is 7.23. The van der Waals surface area contributed by atoms with E-state index in [0.29, 0.717) is 0 Å². The standard InChI is InChI=1S/C26H27N3OS2/c1-4-12-29-13-11-19-22(15-29)32-26(28-24(30)18-10-9-16(2)14-17(18)3)23(19)25-27-20-7-5-6-8-21(20)31-25/h5-10,14H,4,11-13,15H2,1-3H3,(H,28,30). The number of nitrogens with zero attached hydrogens (tertiary/aromatic N) is 2. The van der Waals surface area contributed by atoms with Crippen molar-refractivity contribution < 1.29 is 4.79 Å². The fraction of sp³-hybridized carbons (Fsp3) is 0.308. The molecule has 32 heavy (non-hydrogen) atoms. The quantitative estimate of drug-likeness (QED) is 0.361. The largest absolute Gasteiger partial charge is 0.313 e. The first-order chi connectivity index (χ1) is 15.5. The predicted molar refractivity (Wildman–Crippen MR) is 136 cm³/mol. The zero-order valence-electron chi connectivity index (χ0n) is 18.7. The number of nitrogens with one attached hydrogen (secondary N) is 1. The van der Waals surface area contributed by atoms with Crippen LogP contribution in [0, 0.1) is 13.8 Å². The van der Waals surface area contributed by atoms with Gasteiger partial charge in [-0.05, 0) is 62.6 Å². The molecule has 0 spiro atoms. The van der Waals surface area contributed by atoms with Gasteiger partial charge in [-0.2, -0.15) is 0 Å². The van der Waals surface area contributed by atoms with Crippen LogP contribution < -0.4 is 5.32 Å². The predicted octanol–water partition coefficient (Wildman–Crippen LogP) is 6.66. The van der Waals surface area contributed by atoms with Gasteiger partial charge in [0.2, 0.25) is 0 Å². The molecule has 0 unspecified atom stereocenters. The van der Waals surface area contributed by atoms with Gasteiger partial charge < -0.3 is 5.32 Å². The van der Waals surface area contributed by atoms with Gasteiger partial charge in [0.25, 0.3) is 5.91 Å². The maximum Gasteiger partial charge on any atom is 0.256 e. The van der Waals surface area contributed by atoms with Crippen molar-refractivity contribution in [2.24, 2.45) is 0 Å². The van der Waals surface area contributed by atoms with Crippen molar-refractivity contribution in [3.05, 3.63) is 69.6 Å². The molecular weight excluding hydrogens is 434 g/mol. The van der Waals surface area contributed by atoms with Crippen molar-refractivity contribution in [2.45, 2.75) is 40.2 Å². The van der Waals surface area contributed by atoms with E-state index in [0.717, 1.165) is 70.3 Å². The second-order valence-corrected chi connectivity index (χ2v) is 10.6. The van der Waals surface area contributed by atoms with Crippen LogP contribution in [-0.4, -0.2) is 28.9 Å². The fourth-order valence-corrected chi connectivity index (χ4v) is 6.89. The summed E-state index contributed by atoms with van der Waals surface area (Å²) in [5.41, 5.74) is 6.39. The number of amides is 1. The summed E-state index contributed by atoms with van der Waals surface area (Å²) in [6.07, 6.45) is 2.15. The Morgan fingerprint density at radius 2 is 2.00 bits per heavy atom. The number of para-hydroxylation sites is 1. The molecule has 0 fully saturated rings. The average molecular weight is 462 g/mol. The molecule has 2 aromatic heterocycles. The molecule has 0 atom stereocenters. The normalized spacial score (nSPS) is 14.0. The summed E-state index contributed by atoms with van der Waals surface area (Å²) in [6, 6.07) is 14.2. The van der Waals surface area contributed by atoms with Crippen LogP contribution in [0.1, 0.15) is 45.3 Å². The van der Waals surface area contributed by atoms with E-state index in [1.807, 2.05) is 25.1 Å². The van der Waals surface area contributed by atoms with Crippen molar-refractivity contribution >= 4 is 43.8 Å². The zero-order chi connectivity index (χ0) is 22.2. The fourth-order valence-electron chi connectivity index (χ4n) is 4.50. The molecule has 164 valence electrons. The minimum absolute atomic E-state index is 0.0473. The van der Waals surface area contributed by atoms with E-state index >= 15 is 0 Å². The van der Waals surface area contributed by atoms with Crippen LogP contribution in [0.15, 0.2) is 42.5 Å². The van der Waals surface area contributed by atoms with Gasteiger partial charge >= 0.3 is 0 Å². The molecule has 1 amide bonds. The third kappa shape index (κ3) is 3.98. The highest BCUT2D eigenvalue weighted by Crippen LogP contribution is 2.45. The highest BCUT2D eigenvalue weighted by Gasteiger charge is 2.27. The molecule has 5 rings (SSSR count). The molecule has 1 aliphatic rings. The molecule has 1 aliphatic heterocycles. The van der Waals surface area contributed by atoms with Crippen LogP contribution in [0.2, 0.25) is 0 Å². The van der Waals surface area contributed by atoms with Crippen molar-refractivity contribution in [3.63, 3.8) is 0 Å². The molecule has 0 saturated carbocycles. The lowest BCUT2D eigenvalue weighted by atomic mass is 10.0. The molecular formula is C26H27N3OS2. The van der Waals surface area contributed by atoms with Gasteiger partial charge in [0, 0.05) is 29.1 Å². The first kappa shape index (κ1) is 21.3. The third-order valence-corrected chi connectivity index (χ3v) is 8.22. The molecule has 4 aromatic rings. The van der Waals surface area contributed by atoms with Crippen LogP contribution in [-0.2, 0) is 13.0 Å². The van der Waals surface area contributed by atoms with Gasteiger partial charge in [-0.3, -0.25) is 9.69 Å². The number of thiazole rings is 1. The number of fused-ring (bicyclic) bond motifs is 2. The highest BCUT2D eigenvalue weighted by atomic mass is 32.1. The van der Waals surface area contributed by atoms with Crippen molar-refractivity contribution in [1.82, 2.24) is 9.88 Å². The maximum atomic E-state index is 13.2. The molecule has 3 heterocycles. The number of rotatable bonds is 5. The number of aromatic nitrogens is 1. The molecule has 0 saturated heterocycles. The van der Waals surface area contributed by atoms with E-state index in [2.05, 4.69) is 48.3 Å². The lowest BCUT2D eigenvalue weighted by molar-refractivity contribution is 0.102. The van der Waals surface area contributed by atoms with Gasteiger partial charge in [0.1, 0.15) is 10.0 Å². The average Bonchev–Trinajstić information content (AvgIpc) is 3.34. The van der Waals surface area contributed by atoms with E-state index in [1.54, 1.807) is 22.7 Å². The van der Waals surface area contributed by atoms with Crippen LogP contribution in [0.5, 0.6) is 0 Å². The van der Waals surface area contributed by atoms with Gasteiger partial charge in [-0.15, -0.1) is 22.7 Å². The molecule has 6 heteroatoms. The number of benzene rings is 2. The zero-order valence-corrected chi connectivity index (χ0v) is 20.3. The van der Waals surface area contributed by atoms with Crippen LogP contribution in [0.25, 0.3) is 20.8 Å². The summed E-state index contributed by atoms with van der Waals surface area (Å²) in [5, 5.41) is 5.19. The van der Waals surface area contributed by atoms with E-state index in [1.165, 1.54) is 15.1 Å².